The van der Waals surface area contributed by atoms with E-state index in [2.05, 4.69) is 23.7 Å². The van der Waals surface area contributed by atoms with E-state index < -0.39 is 5.60 Å². The van der Waals surface area contributed by atoms with Crippen LogP contribution in [0, 0.1) is 12.8 Å². The van der Waals surface area contributed by atoms with Crippen LogP contribution in [0.25, 0.3) is 0 Å². The Morgan fingerprint density at radius 3 is 2.93 bits per heavy atom. The summed E-state index contributed by atoms with van der Waals surface area (Å²) in [7, 11) is 0. The van der Waals surface area contributed by atoms with Gasteiger partial charge in [0.15, 0.2) is 0 Å². The van der Waals surface area contributed by atoms with Crippen LogP contribution >= 0.6 is 11.3 Å². The summed E-state index contributed by atoms with van der Waals surface area (Å²) in [5.41, 5.74) is 0.414. The molecule has 84 valence electrons. The molecule has 1 aliphatic rings. The number of hydrogen-bond donors (Lipinski definition) is 2. The highest BCUT2D eigenvalue weighted by Crippen LogP contribution is 2.35. The molecule has 1 aliphatic heterocycles. The molecule has 2 N–H and O–H groups in total. The zero-order chi connectivity index (χ0) is 10.9. The second kappa shape index (κ2) is 4.24. The molecule has 0 saturated carbocycles. The minimum Gasteiger partial charge on any atom is -0.385 e. The van der Waals surface area contributed by atoms with Crippen molar-refractivity contribution in [2.75, 3.05) is 13.1 Å². The number of aliphatic hydroxyl groups is 1. The molecule has 2 unspecified atom stereocenters. The van der Waals surface area contributed by atoms with Crippen LogP contribution in [0.3, 0.4) is 0 Å². The van der Waals surface area contributed by atoms with Crippen LogP contribution < -0.4 is 5.32 Å². The van der Waals surface area contributed by atoms with Crippen molar-refractivity contribution in [3.63, 3.8) is 0 Å². The highest BCUT2D eigenvalue weighted by atomic mass is 32.1. The van der Waals surface area contributed by atoms with Crippen LogP contribution in [0.1, 0.15) is 30.2 Å². The first-order chi connectivity index (χ1) is 7.10. The molecule has 1 fully saturated rings. The van der Waals surface area contributed by atoms with Crippen molar-refractivity contribution in [1.82, 2.24) is 5.32 Å². The number of piperidine rings is 1. The summed E-state index contributed by atoms with van der Waals surface area (Å²) in [6, 6.07) is 2.11. The van der Waals surface area contributed by atoms with E-state index in [1.165, 1.54) is 11.3 Å². The predicted octanol–water partition coefficient (Wildman–Crippen LogP) is 2.26. The zero-order valence-electron chi connectivity index (χ0n) is 9.42. The molecule has 0 spiro atoms. The average Bonchev–Trinajstić information content (AvgIpc) is 2.67. The fourth-order valence-electron chi connectivity index (χ4n) is 2.28. The molecule has 15 heavy (non-hydrogen) atoms. The maximum absolute atomic E-state index is 10.6. The van der Waals surface area contributed by atoms with Gasteiger partial charge in [-0.1, -0.05) is 0 Å². The van der Waals surface area contributed by atoms with Crippen molar-refractivity contribution in [2.45, 2.75) is 32.3 Å². The summed E-state index contributed by atoms with van der Waals surface area (Å²) in [6.45, 7) is 6.06. The quantitative estimate of drug-likeness (QED) is 0.809. The Balaban J connectivity index is 2.17. The second-order valence-corrected chi connectivity index (χ2v) is 5.75. The van der Waals surface area contributed by atoms with Gasteiger partial charge in [0.25, 0.3) is 0 Å². The lowest BCUT2D eigenvalue weighted by atomic mass is 9.80. The number of hydrogen-bond acceptors (Lipinski definition) is 3. The fraction of sp³-hybridized carbons (Fsp3) is 0.667. The van der Waals surface area contributed by atoms with E-state index in [1.54, 1.807) is 11.3 Å². The maximum Gasteiger partial charge on any atom is 0.0916 e. The Hall–Kier alpha value is -0.380. The number of aryl methyl sites for hydroxylation is 1. The van der Waals surface area contributed by atoms with Crippen molar-refractivity contribution in [3.8, 4) is 0 Å². The van der Waals surface area contributed by atoms with Crippen molar-refractivity contribution in [3.05, 3.63) is 21.9 Å². The van der Waals surface area contributed by atoms with E-state index in [0.717, 1.165) is 25.1 Å². The van der Waals surface area contributed by atoms with Crippen molar-refractivity contribution in [1.29, 1.82) is 0 Å². The first kappa shape index (κ1) is 11.1. The van der Waals surface area contributed by atoms with Crippen LogP contribution in [0.5, 0.6) is 0 Å². The molecule has 0 amide bonds. The van der Waals surface area contributed by atoms with Crippen LogP contribution in [0.15, 0.2) is 11.4 Å². The molecule has 3 heteroatoms. The average molecular weight is 225 g/mol. The predicted molar refractivity (Wildman–Crippen MR) is 64.2 cm³/mol. The summed E-state index contributed by atoms with van der Waals surface area (Å²) < 4.78 is 0. The lowest BCUT2D eigenvalue weighted by Gasteiger charge is -2.35. The summed E-state index contributed by atoms with van der Waals surface area (Å²) in [5, 5.41) is 16.0. The normalized spacial score (nSPS) is 26.2. The molecule has 0 aromatic carbocycles. The number of rotatable bonds is 2. The Labute approximate surface area is 95.3 Å². The molecule has 2 rings (SSSR count). The minimum atomic E-state index is -0.668. The van der Waals surface area contributed by atoms with Gasteiger partial charge in [-0.25, -0.2) is 0 Å². The lowest BCUT2D eigenvalue weighted by molar-refractivity contribution is -0.0153. The van der Waals surface area contributed by atoms with Gasteiger partial charge < -0.3 is 10.4 Å². The van der Waals surface area contributed by atoms with Gasteiger partial charge in [0.1, 0.15) is 0 Å². The third kappa shape index (κ3) is 2.25. The van der Waals surface area contributed by atoms with Gasteiger partial charge in [-0.3, -0.25) is 0 Å². The van der Waals surface area contributed by atoms with Crippen LogP contribution in [-0.4, -0.2) is 18.2 Å². The molecule has 2 heterocycles. The van der Waals surface area contributed by atoms with E-state index in [1.807, 2.05) is 6.92 Å². The van der Waals surface area contributed by atoms with Gasteiger partial charge in [0, 0.05) is 17.3 Å². The number of thiophene rings is 1. The van der Waals surface area contributed by atoms with E-state index in [-0.39, 0.29) is 0 Å². The second-order valence-electron chi connectivity index (χ2n) is 4.64. The molecule has 0 aliphatic carbocycles. The zero-order valence-corrected chi connectivity index (χ0v) is 10.2. The van der Waals surface area contributed by atoms with Crippen LogP contribution in [0.4, 0.5) is 0 Å². The van der Waals surface area contributed by atoms with E-state index in [4.69, 9.17) is 0 Å². The lowest BCUT2D eigenvalue weighted by Crippen LogP contribution is -2.42. The van der Waals surface area contributed by atoms with Gasteiger partial charge in [0.2, 0.25) is 0 Å². The first-order valence-electron chi connectivity index (χ1n) is 5.59. The Morgan fingerprint density at radius 1 is 1.60 bits per heavy atom. The van der Waals surface area contributed by atoms with Gasteiger partial charge in [0.05, 0.1) is 5.60 Å². The molecule has 2 nitrogen and oxygen atoms in total. The van der Waals surface area contributed by atoms with Gasteiger partial charge in [-0.2, -0.15) is 0 Å². The third-order valence-electron chi connectivity index (χ3n) is 3.41. The highest BCUT2D eigenvalue weighted by molar-refractivity contribution is 7.10. The van der Waals surface area contributed by atoms with Gasteiger partial charge >= 0.3 is 0 Å². The molecule has 2 atom stereocenters. The fourth-order valence-corrected chi connectivity index (χ4v) is 3.09. The summed E-state index contributed by atoms with van der Waals surface area (Å²) in [6.07, 6.45) is 2.29. The van der Waals surface area contributed by atoms with E-state index in [0.29, 0.717) is 5.92 Å². The first-order valence-corrected chi connectivity index (χ1v) is 6.47. The van der Waals surface area contributed by atoms with Crippen LogP contribution in [-0.2, 0) is 5.60 Å². The minimum absolute atomic E-state index is 0.347. The molecule has 0 radical (unpaired) electrons. The van der Waals surface area contributed by atoms with Crippen molar-refractivity contribution >= 4 is 11.3 Å². The number of nitrogens with one attached hydrogen (secondary N) is 1. The molecular formula is C12H19NOS. The molecular weight excluding hydrogens is 206 g/mol. The van der Waals surface area contributed by atoms with Crippen molar-refractivity contribution < 1.29 is 5.11 Å². The highest BCUT2D eigenvalue weighted by Gasteiger charge is 2.34. The monoisotopic (exact) mass is 225 g/mol. The molecule has 1 aromatic rings. The largest absolute Gasteiger partial charge is 0.385 e. The Kier molecular flexibility index (Phi) is 3.14. The molecule has 1 aromatic heterocycles. The Bertz CT molecular complexity index is 326. The van der Waals surface area contributed by atoms with Gasteiger partial charge in [-0.05, 0) is 50.2 Å². The Morgan fingerprint density at radius 2 is 2.40 bits per heavy atom. The SMILES string of the molecule is Cc1cc(C(C)(O)C2CCCNC2)cs1. The molecule has 0 bridgehead atoms. The van der Waals surface area contributed by atoms with Crippen molar-refractivity contribution in [2.24, 2.45) is 5.92 Å². The standard InChI is InChI=1S/C12H19NOS/c1-9-6-11(8-15-9)12(2,14)10-4-3-5-13-7-10/h6,8,10,13-14H,3-5,7H2,1-2H3. The molecule has 1 saturated heterocycles. The third-order valence-corrected chi connectivity index (χ3v) is 4.27. The van der Waals surface area contributed by atoms with E-state index >= 15 is 0 Å². The summed E-state index contributed by atoms with van der Waals surface area (Å²) in [4.78, 5) is 1.27. The smallest absolute Gasteiger partial charge is 0.0916 e. The summed E-state index contributed by atoms with van der Waals surface area (Å²) in [5.74, 6) is 0.347. The van der Waals surface area contributed by atoms with Gasteiger partial charge in [-0.15, -0.1) is 11.3 Å². The topological polar surface area (TPSA) is 32.3 Å². The maximum atomic E-state index is 10.6. The summed E-state index contributed by atoms with van der Waals surface area (Å²) >= 11 is 1.71. The van der Waals surface area contributed by atoms with Crippen LogP contribution in [0.2, 0.25) is 0 Å². The van der Waals surface area contributed by atoms with E-state index in [9.17, 15) is 5.11 Å².